The Kier molecular flexibility index (Phi) is 4.97. The zero-order chi connectivity index (χ0) is 18.0. The number of nitrogens with zero attached hydrogens (tertiary/aromatic N) is 1. The van der Waals surface area contributed by atoms with Gasteiger partial charge in [-0.2, -0.15) is 0 Å². The molecule has 0 unspecified atom stereocenters. The van der Waals surface area contributed by atoms with Crippen molar-refractivity contribution < 1.29 is 14.3 Å². The van der Waals surface area contributed by atoms with Gasteiger partial charge in [0.25, 0.3) is 0 Å². The number of esters is 1. The number of amides is 2. The van der Waals surface area contributed by atoms with Gasteiger partial charge in [-0.15, -0.1) is 0 Å². The van der Waals surface area contributed by atoms with Crippen LogP contribution in [0.5, 0.6) is 0 Å². The zero-order valence-corrected chi connectivity index (χ0v) is 15.0. The summed E-state index contributed by atoms with van der Waals surface area (Å²) in [5, 5.41) is 5.65. The van der Waals surface area contributed by atoms with Crippen LogP contribution < -0.4 is 15.5 Å². The number of nitrogens with one attached hydrogen (secondary N) is 2. The molecule has 2 aliphatic rings. The van der Waals surface area contributed by atoms with Gasteiger partial charge in [0.2, 0.25) is 0 Å². The van der Waals surface area contributed by atoms with Crippen molar-refractivity contribution in [2.45, 2.75) is 45.7 Å². The Labute approximate surface area is 148 Å². The molecule has 1 aromatic carbocycles. The molecule has 3 rings (SSSR count). The first kappa shape index (κ1) is 17.3. The van der Waals surface area contributed by atoms with Gasteiger partial charge in [-0.1, -0.05) is 25.1 Å². The van der Waals surface area contributed by atoms with Gasteiger partial charge in [0.15, 0.2) is 0 Å². The van der Waals surface area contributed by atoms with E-state index >= 15 is 0 Å². The van der Waals surface area contributed by atoms with Gasteiger partial charge in [-0.05, 0) is 38.3 Å². The summed E-state index contributed by atoms with van der Waals surface area (Å²) in [6.07, 6.45) is 1.60. The van der Waals surface area contributed by atoms with E-state index in [9.17, 15) is 9.59 Å². The largest absolute Gasteiger partial charge is 0.463 e. The molecule has 0 radical (unpaired) electrons. The van der Waals surface area contributed by atoms with E-state index in [4.69, 9.17) is 4.74 Å². The van der Waals surface area contributed by atoms with Crippen LogP contribution in [-0.2, 0) is 16.0 Å². The minimum atomic E-state index is -0.364. The van der Waals surface area contributed by atoms with E-state index in [0.29, 0.717) is 36.9 Å². The zero-order valence-electron chi connectivity index (χ0n) is 15.0. The monoisotopic (exact) mass is 343 g/mol. The first-order valence-electron chi connectivity index (χ1n) is 8.87. The number of carbonyl (C=O) groups excluding carboxylic acids is 2. The molecule has 6 nitrogen and oxygen atoms in total. The van der Waals surface area contributed by atoms with Crippen LogP contribution >= 0.6 is 0 Å². The molecule has 6 heteroatoms. The van der Waals surface area contributed by atoms with E-state index in [1.54, 1.807) is 6.92 Å². The summed E-state index contributed by atoms with van der Waals surface area (Å²) in [4.78, 5) is 26.8. The minimum absolute atomic E-state index is 0.268. The second-order valence-corrected chi connectivity index (χ2v) is 6.48. The highest BCUT2D eigenvalue weighted by atomic mass is 16.5. The Morgan fingerprint density at radius 3 is 2.80 bits per heavy atom. The van der Waals surface area contributed by atoms with Gasteiger partial charge in [-0.25, -0.2) is 9.59 Å². The fourth-order valence-electron chi connectivity index (χ4n) is 3.63. The third kappa shape index (κ3) is 3.34. The molecule has 25 heavy (non-hydrogen) atoms. The van der Waals surface area contributed by atoms with E-state index in [-0.39, 0.29) is 18.0 Å². The lowest BCUT2D eigenvalue weighted by Gasteiger charge is -2.32. The SMILES string of the molecule is CCOC(=O)C1=C(CN2c3ccccc3C[C@@H]2C)NC(=O)N[C@@H]1CC. The van der Waals surface area contributed by atoms with E-state index in [0.717, 1.165) is 12.1 Å². The highest BCUT2D eigenvalue weighted by molar-refractivity contribution is 5.95. The fraction of sp³-hybridized carbons (Fsp3) is 0.474. The van der Waals surface area contributed by atoms with Crippen LogP contribution in [0.2, 0.25) is 0 Å². The smallest absolute Gasteiger partial charge is 0.337 e. The molecule has 2 amide bonds. The molecule has 2 heterocycles. The molecular weight excluding hydrogens is 318 g/mol. The topological polar surface area (TPSA) is 70.7 Å². The fourth-order valence-corrected chi connectivity index (χ4v) is 3.63. The molecule has 0 aromatic heterocycles. The Morgan fingerprint density at radius 2 is 2.08 bits per heavy atom. The van der Waals surface area contributed by atoms with Crippen LogP contribution in [-0.4, -0.2) is 37.2 Å². The lowest BCUT2D eigenvalue weighted by Crippen LogP contribution is -2.52. The quantitative estimate of drug-likeness (QED) is 0.805. The first-order chi connectivity index (χ1) is 12.0. The van der Waals surface area contributed by atoms with Gasteiger partial charge in [0.05, 0.1) is 30.5 Å². The third-order valence-electron chi connectivity index (χ3n) is 4.82. The number of fused-ring (bicyclic) bond motifs is 1. The number of rotatable bonds is 5. The van der Waals surface area contributed by atoms with Crippen molar-refractivity contribution >= 4 is 17.7 Å². The molecule has 2 aliphatic heterocycles. The number of urea groups is 1. The van der Waals surface area contributed by atoms with Crippen LogP contribution in [0.4, 0.5) is 10.5 Å². The Morgan fingerprint density at radius 1 is 1.32 bits per heavy atom. The van der Waals surface area contributed by atoms with Gasteiger partial charge < -0.3 is 20.3 Å². The van der Waals surface area contributed by atoms with E-state index in [1.807, 2.05) is 19.1 Å². The van der Waals surface area contributed by atoms with Crippen molar-refractivity contribution in [2.24, 2.45) is 0 Å². The van der Waals surface area contributed by atoms with Crippen LogP contribution in [0.1, 0.15) is 32.8 Å². The van der Waals surface area contributed by atoms with E-state index in [2.05, 4.69) is 34.6 Å². The number of benzene rings is 1. The van der Waals surface area contributed by atoms with Gasteiger partial charge >= 0.3 is 12.0 Å². The summed E-state index contributed by atoms with van der Waals surface area (Å²) < 4.78 is 5.23. The number of hydrogen-bond donors (Lipinski definition) is 2. The van der Waals surface area contributed by atoms with Crippen molar-refractivity contribution in [3.8, 4) is 0 Å². The molecule has 0 saturated carbocycles. The van der Waals surface area contributed by atoms with Gasteiger partial charge in [-0.3, -0.25) is 0 Å². The highest BCUT2D eigenvalue weighted by Crippen LogP contribution is 2.33. The number of hydrogen-bond acceptors (Lipinski definition) is 4. The average molecular weight is 343 g/mol. The van der Waals surface area contributed by atoms with Crippen molar-refractivity contribution in [2.75, 3.05) is 18.1 Å². The second-order valence-electron chi connectivity index (χ2n) is 6.48. The van der Waals surface area contributed by atoms with Crippen molar-refractivity contribution in [3.05, 3.63) is 41.1 Å². The van der Waals surface area contributed by atoms with Crippen molar-refractivity contribution in [1.29, 1.82) is 0 Å². The molecule has 0 fully saturated rings. The summed E-state index contributed by atoms with van der Waals surface area (Å²) in [7, 11) is 0. The van der Waals surface area contributed by atoms with Crippen molar-refractivity contribution in [1.82, 2.24) is 10.6 Å². The Balaban J connectivity index is 1.96. The Bertz CT molecular complexity index is 714. The maximum absolute atomic E-state index is 12.5. The van der Waals surface area contributed by atoms with Crippen LogP contribution in [0.3, 0.4) is 0 Å². The first-order valence-corrected chi connectivity index (χ1v) is 8.87. The second kappa shape index (κ2) is 7.17. The molecule has 2 atom stereocenters. The molecule has 0 saturated heterocycles. The van der Waals surface area contributed by atoms with Gasteiger partial charge in [0.1, 0.15) is 0 Å². The highest BCUT2D eigenvalue weighted by Gasteiger charge is 2.34. The average Bonchev–Trinajstić information content (AvgIpc) is 2.90. The van der Waals surface area contributed by atoms with E-state index in [1.165, 1.54) is 5.56 Å². The predicted molar refractivity (Wildman–Crippen MR) is 96.4 cm³/mol. The molecule has 2 N–H and O–H groups in total. The summed E-state index contributed by atoms with van der Waals surface area (Å²) >= 11 is 0. The minimum Gasteiger partial charge on any atom is -0.463 e. The molecule has 134 valence electrons. The van der Waals surface area contributed by atoms with Crippen molar-refractivity contribution in [3.63, 3.8) is 0 Å². The summed E-state index contributed by atoms with van der Waals surface area (Å²) in [6, 6.07) is 7.98. The lowest BCUT2D eigenvalue weighted by molar-refractivity contribution is -0.139. The molecule has 0 aliphatic carbocycles. The summed E-state index contributed by atoms with van der Waals surface area (Å²) in [5.41, 5.74) is 3.62. The van der Waals surface area contributed by atoms with Gasteiger partial charge in [0, 0.05) is 11.7 Å². The molecule has 0 spiro atoms. The molecule has 1 aromatic rings. The number of ether oxygens (including phenoxy) is 1. The standard InChI is InChI=1S/C19H25N3O3/c1-4-14-17(18(23)25-5-2)15(21-19(24)20-14)11-22-12(3)10-13-8-6-7-9-16(13)22/h6-9,12,14H,4-5,10-11H2,1-3H3,(H2,20,21,24)/t12-,14+/m0/s1. The summed E-state index contributed by atoms with van der Waals surface area (Å²) in [6.45, 7) is 6.68. The number of para-hydroxylation sites is 1. The maximum atomic E-state index is 12.5. The van der Waals surface area contributed by atoms with Crippen LogP contribution in [0, 0.1) is 0 Å². The normalized spacial score (nSPS) is 22.4. The third-order valence-corrected chi connectivity index (χ3v) is 4.82. The lowest BCUT2D eigenvalue weighted by atomic mass is 9.99. The Hall–Kier alpha value is -2.50. The number of carbonyl (C=O) groups is 2. The predicted octanol–water partition coefficient (Wildman–Crippen LogP) is 2.35. The van der Waals surface area contributed by atoms with Crippen LogP contribution in [0.25, 0.3) is 0 Å². The van der Waals surface area contributed by atoms with E-state index < -0.39 is 0 Å². The summed E-state index contributed by atoms with van der Waals surface area (Å²) in [5.74, 6) is -0.364. The molecule has 0 bridgehead atoms. The maximum Gasteiger partial charge on any atom is 0.337 e. The number of anilines is 1. The van der Waals surface area contributed by atoms with Crippen LogP contribution in [0.15, 0.2) is 35.5 Å². The molecular formula is C19H25N3O3.